The molecule has 0 amide bonds. The molecule has 1 aliphatic heterocycles. The molecular formula is C20H19N3O2. The monoisotopic (exact) mass is 333 g/mol. The van der Waals surface area contributed by atoms with Gasteiger partial charge in [0.15, 0.2) is 0 Å². The molecule has 2 N–H and O–H groups in total. The maximum atomic E-state index is 11.7. The van der Waals surface area contributed by atoms with Crippen LogP contribution in [0, 0.1) is 0 Å². The summed E-state index contributed by atoms with van der Waals surface area (Å²) >= 11 is 0. The molecule has 0 unspecified atom stereocenters. The van der Waals surface area contributed by atoms with Gasteiger partial charge in [-0.15, -0.1) is 0 Å². The number of nitrogens with two attached hydrogens (primary N) is 1. The van der Waals surface area contributed by atoms with Gasteiger partial charge in [0.2, 0.25) is 0 Å². The van der Waals surface area contributed by atoms with Crippen LogP contribution in [0.1, 0.15) is 0 Å². The molecule has 3 aromatic carbocycles. The number of rotatable bonds is 3. The van der Waals surface area contributed by atoms with Gasteiger partial charge in [-0.05, 0) is 23.3 Å². The molecule has 25 heavy (non-hydrogen) atoms. The summed E-state index contributed by atoms with van der Waals surface area (Å²) in [5, 5.41) is 0. The van der Waals surface area contributed by atoms with Crippen LogP contribution in [-0.2, 0) is 0 Å². The van der Waals surface area contributed by atoms with Gasteiger partial charge in [-0.3, -0.25) is 9.59 Å². The van der Waals surface area contributed by atoms with Crippen LogP contribution in [0.3, 0.4) is 0 Å². The van der Waals surface area contributed by atoms with Gasteiger partial charge in [0.25, 0.3) is 10.9 Å². The predicted octanol–water partition coefficient (Wildman–Crippen LogP) is 1.86. The smallest absolute Gasteiger partial charge is 0.253 e. The quantitative estimate of drug-likeness (QED) is 0.741. The fraction of sp³-hybridized carbons (Fsp3) is 0.200. The number of hydrogen-bond acceptors (Lipinski definition) is 5. The largest absolute Gasteiger partial charge is 0.394 e. The zero-order chi connectivity index (χ0) is 17.4. The summed E-state index contributed by atoms with van der Waals surface area (Å²) < 4.78 is 0. The van der Waals surface area contributed by atoms with E-state index in [0.717, 1.165) is 18.8 Å². The fourth-order valence-electron chi connectivity index (χ4n) is 3.39. The predicted molar refractivity (Wildman–Crippen MR) is 102 cm³/mol. The number of benzene rings is 2. The molecule has 0 radical (unpaired) electrons. The minimum Gasteiger partial charge on any atom is -0.394 e. The molecule has 0 atom stereocenters. The maximum absolute atomic E-state index is 11.7. The lowest BCUT2D eigenvalue weighted by Crippen LogP contribution is -2.51. The van der Waals surface area contributed by atoms with Crippen LogP contribution in [-0.4, -0.2) is 26.2 Å². The van der Waals surface area contributed by atoms with Crippen molar-refractivity contribution in [2.45, 2.75) is 0 Å². The topological polar surface area (TPSA) is 66.6 Å². The average molecular weight is 333 g/mol. The van der Waals surface area contributed by atoms with Crippen LogP contribution in [0.2, 0.25) is 0 Å². The molecule has 3 aromatic rings. The van der Waals surface area contributed by atoms with Gasteiger partial charge in [-0.1, -0.05) is 42.5 Å². The molecular weight excluding hydrogens is 314 g/mol. The Kier molecular flexibility index (Phi) is 3.76. The first-order valence-electron chi connectivity index (χ1n) is 8.39. The molecule has 1 saturated heterocycles. The Bertz CT molecular complexity index is 949. The molecule has 0 saturated carbocycles. The Labute approximate surface area is 145 Å². The zero-order valence-electron chi connectivity index (χ0n) is 13.8. The molecule has 0 aliphatic carbocycles. The lowest BCUT2D eigenvalue weighted by molar-refractivity contribution is 0.651. The molecule has 0 spiro atoms. The Hall–Kier alpha value is -3.08. The van der Waals surface area contributed by atoms with Crippen molar-refractivity contribution in [3.05, 3.63) is 75.0 Å². The van der Waals surface area contributed by atoms with Gasteiger partial charge in [0.05, 0.1) is 0 Å². The third-order valence-corrected chi connectivity index (χ3v) is 4.86. The molecule has 0 aromatic heterocycles. The number of nitrogen functional groups attached to an aromatic ring is 1. The highest BCUT2D eigenvalue weighted by atomic mass is 16.2. The van der Waals surface area contributed by atoms with Crippen molar-refractivity contribution in [2.24, 2.45) is 0 Å². The Morgan fingerprint density at radius 1 is 0.680 bits per heavy atom. The fourth-order valence-corrected chi connectivity index (χ4v) is 3.39. The van der Waals surface area contributed by atoms with Gasteiger partial charge < -0.3 is 15.5 Å². The van der Waals surface area contributed by atoms with Crippen molar-refractivity contribution in [3.63, 3.8) is 0 Å². The summed E-state index contributed by atoms with van der Waals surface area (Å²) in [7, 11) is 0. The van der Waals surface area contributed by atoms with E-state index >= 15 is 0 Å². The second-order valence-electron chi connectivity index (χ2n) is 6.31. The summed E-state index contributed by atoms with van der Waals surface area (Å²) in [6.07, 6.45) is 0. The molecule has 0 bridgehead atoms. The first-order valence-corrected chi connectivity index (χ1v) is 8.39. The molecule has 4 rings (SSSR count). The normalized spacial score (nSPS) is 14.9. The van der Waals surface area contributed by atoms with Crippen LogP contribution < -0.4 is 26.4 Å². The lowest BCUT2D eigenvalue weighted by atomic mass is 10.1. The van der Waals surface area contributed by atoms with Gasteiger partial charge in [0.1, 0.15) is 11.4 Å². The second-order valence-corrected chi connectivity index (χ2v) is 6.31. The van der Waals surface area contributed by atoms with Crippen LogP contribution in [0.5, 0.6) is 0 Å². The van der Waals surface area contributed by atoms with E-state index in [9.17, 15) is 9.59 Å². The molecule has 126 valence electrons. The molecule has 5 nitrogen and oxygen atoms in total. The Morgan fingerprint density at radius 2 is 1.24 bits per heavy atom. The van der Waals surface area contributed by atoms with Crippen LogP contribution >= 0.6 is 0 Å². The van der Waals surface area contributed by atoms with E-state index in [2.05, 4.69) is 41.3 Å². The van der Waals surface area contributed by atoms with Crippen molar-refractivity contribution in [1.29, 1.82) is 0 Å². The summed E-state index contributed by atoms with van der Waals surface area (Å²) in [6.45, 7) is 2.97. The van der Waals surface area contributed by atoms with E-state index in [0.29, 0.717) is 18.8 Å². The number of piperazine rings is 1. The summed E-state index contributed by atoms with van der Waals surface area (Å²) in [5.74, 6) is 0. The molecule has 1 aliphatic rings. The lowest BCUT2D eigenvalue weighted by Gasteiger charge is -2.37. The van der Waals surface area contributed by atoms with E-state index in [4.69, 9.17) is 5.73 Å². The highest BCUT2D eigenvalue weighted by Gasteiger charge is 2.26. The van der Waals surface area contributed by atoms with E-state index in [1.165, 1.54) is 11.1 Å². The minimum atomic E-state index is -0.547. The molecule has 1 heterocycles. The van der Waals surface area contributed by atoms with E-state index in [1.807, 2.05) is 23.1 Å². The third-order valence-electron chi connectivity index (χ3n) is 4.86. The minimum absolute atomic E-state index is 0.116. The van der Waals surface area contributed by atoms with Crippen LogP contribution in [0.25, 0.3) is 11.1 Å². The second kappa shape index (κ2) is 6.09. The van der Waals surface area contributed by atoms with Gasteiger partial charge in [-0.2, -0.15) is 0 Å². The van der Waals surface area contributed by atoms with Crippen molar-refractivity contribution in [3.8, 4) is 11.1 Å². The average Bonchev–Trinajstić information content (AvgIpc) is 2.69. The van der Waals surface area contributed by atoms with Crippen molar-refractivity contribution < 1.29 is 0 Å². The summed E-state index contributed by atoms with van der Waals surface area (Å²) in [6, 6.07) is 18.8. The van der Waals surface area contributed by atoms with Gasteiger partial charge in [-0.25, -0.2) is 0 Å². The SMILES string of the molecule is Nc1c(N2CCN(c3ccc(-c4ccccc4)cc3)CC2)c(=O)c1=O. The zero-order valence-corrected chi connectivity index (χ0v) is 13.8. The van der Waals surface area contributed by atoms with E-state index < -0.39 is 10.9 Å². The first-order chi connectivity index (χ1) is 12.1. The molecule has 5 heteroatoms. The Balaban J connectivity index is 1.45. The van der Waals surface area contributed by atoms with Crippen molar-refractivity contribution in [1.82, 2.24) is 0 Å². The summed E-state index contributed by atoms with van der Waals surface area (Å²) in [4.78, 5) is 27.1. The van der Waals surface area contributed by atoms with Crippen LogP contribution in [0.15, 0.2) is 64.2 Å². The first kappa shape index (κ1) is 15.4. The standard InChI is InChI=1S/C20H19N3O2/c21-17-18(20(25)19(17)24)23-12-10-22(11-13-23)16-8-6-15(7-9-16)14-4-2-1-3-5-14/h1-9H,10-13,21H2. The summed E-state index contributed by atoms with van der Waals surface area (Å²) in [5.41, 5.74) is 8.75. The van der Waals surface area contributed by atoms with Gasteiger partial charge in [0, 0.05) is 31.9 Å². The van der Waals surface area contributed by atoms with Crippen molar-refractivity contribution in [2.75, 3.05) is 41.7 Å². The van der Waals surface area contributed by atoms with Crippen LogP contribution in [0.4, 0.5) is 17.1 Å². The third kappa shape index (κ3) is 2.67. The number of nitrogens with zero attached hydrogens (tertiary/aromatic N) is 2. The van der Waals surface area contributed by atoms with Gasteiger partial charge >= 0.3 is 0 Å². The highest BCUT2D eigenvalue weighted by Crippen LogP contribution is 2.25. The van der Waals surface area contributed by atoms with E-state index in [1.54, 1.807) is 0 Å². The van der Waals surface area contributed by atoms with E-state index in [-0.39, 0.29) is 5.69 Å². The highest BCUT2D eigenvalue weighted by molar-refractivity contribution is 5.73. The maximum Gasteiger partial charge on any atom is 0.253 e. The Morgan fingerprint density at radius 3 is 1.84 bits per heavy atom. The molecule has 1 fully saturated rings. The number of anilines is 3. The number of hydrogen-bond donors (Lipinski definition) is 1. The van der Waals surface area contributed by atoms with Crippen molar-refractivity contribution >= 4 is 17.1 Å².